The van der Waals surface area contributed by atoms with Crippen molar-refractivity contribution in [1.82, 2.24) is 5.32 Å². The highest BCUT2D eigenvalue weighted by Crippen LogP contribution is 2.32. The molecule has 26 heavy (non-hydrogen) atoms. The summed E-state index contributed by atoms with van der Waals surface area (Å²) in [6, 6.07) is 12.7. The van der Waals surface area contributed by atoms with E-state index in [4.69, 9.17) is 4.42 Å². The van der Waals surface area contributed by atoms with Gasteiger partial charge >= 0.3 is 0 Å². The van der Waals surface area contributed by atoms with Gasteiger partial charge in [-0.3, -0.25) is 14.9 Å². The number of carbonyl (C=O) groups excluding carboxylic acids is 1. The summed E-state index contributed by atoms with van der Waals surface area (Å²) < 4.78 is 5.35. The van der Waals surface area contributed by atoms with Crippen molar-refractivity contribution in [2.75, 3.05) is 6.54 Å². The highest BCUT2D eigenvalue weighted by Gasteiger charge is 2.36. The maximum absolute atomic E-state index is 12.2. The summed E-state index contributed by atoms with van der Waals surface area (Å²) in [7, 11) is 0. The van der Waals surface area contributed by atoms with Crippen molar-refractivity contribution in [2.45, 2.75) is 12.0 Å². The van der Waals surface area contributed by atoms with E-state index in [0.717, 1.165) is 0 Å². The number of nitro groups is 1. The normalized spacial score (nSPS) is 13.1. The highest BCUT2D eigenvalue weighted by molar-refractivity contribution is 7.10. The van der Waals surface area contributed by atoms with E-state index in [1.165, 1.54) is 41.9 Å². The van der Waals surface area contributed by atoms with Crippen molar-refractivity contribution in [3.63, 3.8) is 0 Å². The maximum Gasteiger partial charge on any atom is 0.269 e. The van der Waals surface area contributed by atoms with Crippen LogP contribution < -0.4 is 5.32 Å². The second kappa shape index (κ2) is 7.51. The minimum absolute atomic E-state index is 0.0287. The first-order valence-corrected chi connectivity index (χ1v) is 8.67. The SMILES string of the molecule is O=C(Cc1ccc([N+](=O)[O-])cc1)NCC(O)(c1ccco1)c1cccs1. The average Bonchev–Trinajstić information content (AvgIpc) is 3.34. The minimum atomic E-state index is -1.46. The Kier molecular flexibility index (Phi) is 5.15. The molecule has 0 bridgehead atoms. The topological polar surface area (TPSA) is 106 Å². The van der Waals surface area contributed by atoms with E-state index in [-0.39, 0.29) is 24.6 Å². The molecule has 0 spiro atoms. The fourth-order valence-electron chi connectivity index (χ4n) is 2.53. The zero-order valence-electron chi connectivity index (χ0n) is 13.6. The molecule has 0 fully saturated rings. The molecule has 7 nitrogen and oxygen atoms in total. The number of non-ortho nitro benzene ring substituents is 1. The summed E-state index contributed by atoms with van der Waals surface area (Å²) in [6.45, 7) is -0.0488. The molecule has 0 radical (unpaired) electrons. The fourth-order valence-corrected chi connectivity index (χ4v) is 3.36. The fraction of sp³-hybridized carbons (Fsp3) is 0.167. The van der Waals surface area contributed by atoms with Crippen LogP contribution in [-0.2, 0) is 16.8 Å². The van der Waals surface area contributed by atoms with E-state index in [9.17, 15) is 20.0 Å². The molecule has 2 aromatic heterocycles. The number of furan rings is 1. The number of aliphatic hydroxyl groups is 1. The van der Waals surface area contributed by atoms with Crippen LogP contribution in [0.25, 0.3) is 0 Å². The Hall–Kier alpha value is -2.97. The van der Waals surface area contributed by atoms with Crippen molar-refractivity contribution in [1.29, 1.82) is 0 Å². The molecule has 0 aliphatic carbocycles. The Labute approximate surface area is 153 Å². The third-order valence-corrected chi connectivity index (χ3v) is 4.93. The van der Waals surface area contributed by atoms with Crippen LogP contribution in [0.1, 0.15) is 16.2 Å². The number of carbonyl (C=O) groups is 1. The van der Waals surface area contributed by atoms with Gasteiger partial charge in [-0.15, -0.1) is 11.3 Å². The Morgan fingerprint density at radius 2 is 2.00 bits per heavy atom. The lowest BCUT2D eigenvalue weighted by atomic mass is 9.98. The van der Waals surface area contributed by atoms with E-state index in [0.29, 0.717) is 16.2 Å². The number of benzene rings is 1. The third kappa shape index (κ3) is 3.81. The van der Waals surface area contributed by atoms with E-state index >= 15 is 0 Å². The Morgan fingerprint density at radius 3 is 2.58 bits per heavy atom. The quantitative estimate of drug-likeness (QED) is 0.490. The van der Waals surface area contributed by atoms with Crippen molar-refractivity contribution in [3.8, 4) is 0 Å². The molecule has 2 heterocycles. The first kappa shape index (κ1) is 17.8. The second-order valence-corrected chi connectivity index (χ2v) is 6.64. The molecule has 0 saturated carbocycles. The molecule has 2 N–H and O–H groups in total. The lowest BCUT2D eigenvalue weighted by molar-refractivity contribution is -0.384. The number of hydrogen-bond acceptors (Lipinski definition) is 6. The summed E-state index contributed by atoms with van der Waals surface area (Å²) in [6.07, 6.45) is 1.52. The van der Waals surface area contributed by atoms with Gasteiger partial charge < -0.3 is 14.8 Å². The smallest absolute Gasteiger partial charge is 0.269 e. The standard InChI is InChI=1S/C18H16N2O5S/c21-17(11-13-5-7-14(8-6-13)20(23)24)19-12-18(22,15-3-1-9-25-15)16-4-2-10-26-16/h1-10,22H,11-12H2,(H,19,21). The largest absolute Gasteiger partial charge is 0.466 e. The van der Waals surface area contributed by atoms with Crippen molar-refractivity contribution < 1.29 is 19.2 Å². The number of nitrogens with one attached hydrogen (secondary N) is 1. The zero-order chi connectivity index (χ0) is 18.6. The summed E-state index contributed by atoms with van der Waals surface area (Å²) in [5.74, 6) is 0.0379. The van der Waals surface area contributed by atoms with Crippen molar-refractivity contribution in [3.05, 3.63) is 86.5 Å². The summed E-state index contributed by atoms with van der Waals surface area (Å²) >= 11 is 1.36. The molecule has 1 unspecified atom stereocenters. The Balaban J connectivity index is 1.67. The van der Waals surface area contributed by atoms with E-state index in [1.807, 2.05) is 11.4 Å². The van der Waals surface area contributed by atoms with Gasteiger partial charge in [0.2, 0.25) is 5.91 Å². The summed E-state index contributed by atoms with van der Waals surface area (Å²) in [5.41, 5.74) is -0.840. The number of hydrogen-bond donors (Lipinski definition) is 2. The molecular weight excluding hydrogens is 356 g/mol. The summed E-state index contributed by atoms with van der Waals surface area (Å²) in [5, 5.41) is 26.3. The van der Waals surface area contributed by atoms with Gasteiger partial charge in [0.05, 0.1) is 24.2 Å². The van der Waals surface area contributed by atoms with Crippen LogP contribution in [-0.4, -0.2) is 22.5 Å². The van der Waals surface area contributed by atoms with E-state index < -0.39 is 10.5 Å². The van der Waals surface area contributed by atoms with Crippen molar-refractivity contribution in [2.24, 2.45) is 0 Å². The number of amides is 1. The average molecular weight is 372 g/mol. The molecule has 3 aromatic rings. The Morgan fingerprint density at radius 1 is 1.23 bits per heavy atom. The Bertz CT molecular complexity index is 839. The molecular formula is C18H16N2O5S. The minimum Gasteiger partial charge on any atom is -0.466 e. The molecule has 1 amide bonds. The number of rotatable bonds is 7. The van der Waals surface area contributed by atoms with E-state index in [1.54, 1.807) is 18.2 Å². The third-order valence-electron chi connectivity index (χ3n) is 3.91. The molecule has 134 valence electrons. The van der Waals surface area contributed by atoms with Crippen LogP contribution in [0.15, 0.2) is 64.6 Å². The number of thiophene rings is 1. The second-order valence-electron chi connectivity index (χ2n) is 5.69. The maximum atomic E-state index is 12.2. The lowest BCUT2D eigenvalue weighted by Gasteiger charge is -2.25. The van der Waals surface area contributed by atoms with E-state index in [2.05, 4.69) is 5.32 Å². The van der Waals surface area contributed by atoms with Crippen LogP contribution >= 0.6 is 11.3 Å². The lowest BCUT2D eigenvalue weighted by Crippen LogP contribution is -2.41. The van der Waals surface area contributed by atoms with Gasteiger partial charge in [0.1, 0.15) is 5.76 Å². The van der Waals surface area contributed by atoms with Crippen LogP contribution in [0.5, 0.6) is 0 Å². The van der Waals surface area contributed by atoms with Crippen LogP contribution in [0.4, 0.5) is 5.69 Å². The molecule has 1 aromatic carbocycles. The van der Waals surface area contributed by atoms with Gasteiger partial charge in [-0.25, -0.2) is 0 Å². The molecule has 8 heteroatoms. The van der Waals surface area contributed by atoms with Crippen LogP contribution in [0, 0.1) is 10.1 Å². The van der Waals surface area contributed by atoms with Gasteiger partial charge in [-0.05, 0) is 29.1 Å². The predicted molar refractivity (Wildman–Crippen MR) is 95.8 cm³/mol. The van der Waals surface area contributed by atoms with Gasteiger partial charge in [0, 0.05) is 17.0 Å². The monoisotopic (exact) mass is 372 g/mol. The molecule has 1 atom stereocenters. The van der Waals surface area contributed by atoms with Gasteiger partial charge in [-0.1, -0.05) is 18.2 Å². The van der Waals surface area contributed by atoms with Crippen LogP contribution in [0.2, 0.25) is 0 Å². The van der Waals surface area contributed by atoms with Crippen LogP contribution in [0.3, 0.4) is 0 Å². The summed E-state index contributed by atoms with van der Waals surface area (Å²) in [4.78, 5) is 23.1. The van der Waals surface area contributed by atoms with Gasteiger partial charge in [0.15, 0.2) is 5.60 Å². The number of nitro benzene ring substituents is 1. The zero-order valence-corrected chi connectivity index (χ0v) is 14.4. The predicted octanol–water partition coefficient (Wildman–Crippen LogP) is 2.84. The molecule has 0 aliphatic rings. The van der Waals surface area contributed by atoms with Gasteiger partial charge in [-0.2, -0.15) is 0 Å². The molecule has 0 aliphatic heterocycles. The molecule has 3 rings (SSSR count). The van der Waals surface area contributed by atoms with Crippen molar-refractivity contribution >= 4 is 22.9 Å². The molecule has 0 saturated heterocycles. The first-order valence-electron chi connectivity index (χ1n) is 7.79. The first-order chi connectivity index (χ1) is 12.5. The highest BCUT2D eigenvalue weighted by atomic mass is 32.1. The van der Waals surface area contributed by atoms with Gasteiger partial charge in [0.25, 0.3) is 5.69 Å². The number of nitrogens with zero attached hydrogens (tertiary/aromatic N) is 1.